The third kappa shape index (κ3) is 6.17. The highest BCUT2D eigenvalue weighted by molar-refractivity contribution is 5.43. The fourth-order valence-electron chi connectivity index (χ4n) is 3.38. The van der Waals surface area contributed by atoms with Crippen LogP contribution in [0.5, 0.6) is 17.2 Å². The second-order valence-corrected chi connectivity index (χ2v) is 7.12. The molecule has 1 aliphatic rings. The maximum absolute atomic E-state index is 9.75. The molecule has 0 spiro atoms. The Morgan fingerprint density at radius 1 is 1.00 bits per heavy atom. The summed E-state index contributed by atoms with van der Waals surface area (Å²) in [6, 6.07) is 15.5. The normalized spacial score (nSPS) is 14.0. The summed E-state index contributed by atoms with van der Waals surface area (Å²) in [5, 5.41) is 18.4. The van der Waals surface area contributed by atoms with E-state index in [-0.39, 0.29) is 5.75 Å². The molecule has 1 aliphatic heterocycles. The summed E-state index contributed by atoms with van der Waals surface area (Å²) in [7, 11) is 0. The minimum atomic E-state index is 0.181. The maximum atomic E-state index is 9.75. The number of benzene rings is 2. The van der Waals surface area contributed by atoms with E-state index in [1.165, 1.54) is 25.9 Å². The number of nitrogens with zero attached hydrogens (tertiary/aromatic N) is 2. The Morgan fingerprint density at radius 3 is 2.54 bits per heavy atom. The van der Waals surface area contributed by atoms with Gasteiger partial charge < -0.3 is 14.6 Å². The van der Waals surface area contributed by atoms with E-state index in [1.807, 2.05) is 18.2 Å². The van der Waals surface area contributed by atoms with E-state index in [0.717, 1.165) is 30.0 Å². The Labute approximate surface area is 167 Å². The first-order chi connectivity index (χ1) is 13.7. The molecular formula is C23H28N2O3. The van der Waals surface area contributed by atoms with Crippen LogP contribution in [-0.4, -0.2) is 42.9 Å². The molecular weight excluding hydrogens is 352 g/mol. The monoisotopic (exact) mass is 380 g/mol. The van der Waals surface area contributed by atoms with Gasteiger partial charge in [0.1, 0.15) is 23.9 Å². The quantitative estimate of drug-likeness (QED) is 0.628. The predicted octanol–water partition coefficient (Wildman–Crippen LogP) is 4.14. The molecule has 1 fully saturated rings. The average molecular weight is 380 g/mol. The highest BCUT2D eigenvalue weighted by Crippen LogP contribution is 2.27. The van der Waals surface area contributed by atoms with Crippen molar-refractivity contribution in [2.75, 3.05) is 32.8 Å². The molecule has 148 valence electrons. The molecule has 0 bridgehead atoms. The van der Waals surface area contributed by atoms with Crippen molar-refractivity contribution >= 4 is 0 Å². The van der Waals surface area contributed by atoms with E-state index in [4.69, 9.17) is 14.7 Å². The standard InChI is InChI=1S/C23H28N2O3/c24-11-1-4-15-28-23-18-21(26)8-7-20(23)17-19-5-9-22(10-6-19)27-16-14-25-12-2-3-13-25/h5-10,18,26H,1-4,12-17H2. The highest BCUT2D eigenvalue weighted by Gasteiger charge is 2.11. The summed E-state index contributed by atoms with van der Waals surface area (Å²) < 4.78 is 11.6. The Balaban J connectivity index is 1.53. The summed E-state index contributed by atoms with van der Waals surface area (Å²) in [5.74, 6) is 1.74. The molecule has 1 saturated heterocycles. The van der Waals surface area contributed by atoms with Gasteiger partial charge in [-0.25, -0.2) is 0 Å². The maximum Gasteiger partial charge on any atom is 0.126 e. The van der Waals surface area contributed by atoms with Crippen LogP contribution in [0.2, 0.25) is 0 Å². The van der Waals surface area contributed by atoms with Gasteiger partial charge in [-0.15, -0.1) is 0 Å². The fourth-order valence-corrected chi connectivity index (χ4v) is 3.38. The minimum Gasteiger partial charge on any atom is -0.508 e. The third-order valence-electron chi connectivity index (χ3n) is 4.93. The number of rotatable bonds is 10. The van der Waals surface area contributed by atoms with Gasteiger partial charge in [0.2, 0.25) is 0 Å². The molecule has 0 unspecified atom stereocenters. The molecule has 0 atom stereocenters. The molecule has 0 aliphatic carbocycles. The van der Waals surface area contributed by atoms with Gasteiger partial charge >= 0.3 is 0 Å². The van der Waals surface area contributed by atoms with E-state index in [9.17, 15) is 5.11 Å². The predicted molar refractivity (Wildman–Crippen MR) is 109 cm³/mol. The van der Waals surface area contributed by atoms with Gasteiger partial charge in [-0.3, -0.25) is 4.90 Å². The van der Waals surface area contributed by atoms with Gasteiger partial charge in [0.25, 0.3) is 0 Å². The van der Waals surface area contributed by atoms with Crippen LogP contribution < -0.4 is 9.47 Å². The topological polar surface area (TPSA) is 65.7 Å². The number of unbranched alkanes of at least 4 members (excludes halogenated alkanes) is 1. The van der Waals surface area contributed by atoms with E-state index in [1.54, 1.807) is 12.1 Å². The summed E-state index contributed by atoms with van der Waals surface area (Å²) in [6.45, 7) is 4.55. The number of hydrogen-bond donors (Lipinski definition) is 1. The van der Waals surface area contributed by atoms with Gasteiger partial charge in [-0.05, 0) is 61.7 Å². The molecule has 1 heterocycles. The van der Waals surface area contributed by atoms with Crippen LogP contribution in [0, 0.1) is 11.3 Å². The van der Waals surface area contributed by atoms with Crippen LogP contribution in [0.3, 0.4) is 0 Å². The van der Waals surface area contributed by atoms with Gasteiger partial charge in [-0.1, -0.05) is 18.2 Å². The molecule has 5 nitrogen and oxygen atoms in total. The number of aromatic hydroxyl groups is 1. The summed E-state index contributed by atoms with van der Waals surface area (Å²) in [6.07, 6.45) is 4.45. The first-order valence-electron chi connectivity index (χ1n) is 10.0. The Morgan fingerprint density at radius 2 is 1.79 bits per heavy atom. The SMILES string of the molecule is N#CCCCOc1cc(O)ccc1Cc1ccc(OCCN2CCCC2)cc1. The van der Waals surface area contributed by atoms with E-state index >= 15 is 0 Å². The smallest absolute Gasteiger partial charge is 0.126 e. The molecule has 0 amide bonds. The van der Waals surface area contributed by atoms with Gasteiger partial charge in [0.15, 0.2) is 0 Å². The van der Waals surface area contributed by atoms with Crippen LogP contribution in [0.4, 0.5) is 0 Å². The number of nitriles is 1. The van der Waals surface area contributed by atoms with Crippen molar-refractivity contribution in [3.8, 4) is 23.3 Å². The second kappa shape index (κ2) is 10.6. The lowest BCUT2D eigenvalue weighted by atomic mass is 10.0. The zero-order chi connectivity index (χ0) is 19.6. The molecule has 2 aromatic rings. The lowest BCUT2D eigenvalue weighted by Crippen LogP contribution is -2.25. The Kier molecular flexibility index (Phi) is 7.57. The zero-order valence-corrected chi connectivity index (χ0v) is 16.3. The number of phenols is 1. The van der Waals surface area contributed by atoms with Crippen LogP contribution in [0.1, 0.15) is 36.8 Å². The molecule has 28 heavy (non-hydrogen) atoms. The number of ether oxygens (including phenoxy) is 2. The van der Waals surface area contributed by atoms with Crippen LogP contribution in [-0.2, 0) is 6.42 Å². The van der Waals surface area contributed by atoms with E-state index in [2.05, 4.69) is 23.1 Å². The van der Waals surface area contributed by atoms with Crippen molar-refractivity contribution in [1.82, 2.24) is 4.90 Å². The molecule has 5 heteroatoms. The second-order valence-electron chi connectivity index (χ2n) is 7.12. The first-order valence-corrected chi connectivity index (χ1v) is 10.0. The lowest BCUT2D eigenvalue weighted by molar-refractivity contribution is 0.238. The van der Waals surface area contributed by atoms with Crippen LogP contribution in [0.25, 0.3) is 0 Å². The fraction of sp³-hybridized carbons (Fsp3) is 0.435. The van der Waals surface area contributed by atoms with Crippen molar-refractivity contribution in [3.63, 3.8) is 0 Å². The van der Waals surface area contributed by atoms with E-state index < -0.39 is 0 Å². The zero-order valence-electron chi connectivity index (χ0n) is 16.3. The highest BCUT2D eigenvalue weighted by atomic mass is 16.5. The van der Waals surface area contributed by atoms with Crippen molar-refractivity contribution in [2.45, 2.75) is 32.1 Å². The Hall–Kier alpha value is -2.71. The van der Waals surface area contributed by atoms with Gasteiger partial charge in [-0.2, -0.15) is 5.26 Å². The molecule has 0 saturated carbocycles. The van der Waals surface area contributed by atoms with Crippen molar-refractivity contribution in [3.05, 3.63) is 53.6 Å². The Bertz CT molecular complexity index is 777. The number of hydrogen-bond acceptors (Lipinski definition) is 5. The molecule has 0 aromatic heterocycles. The molecule has 1 N–H and O–H groups in total. The summed E-state index contributed by atoms with van der Waals surface area (Å²) in [4.78, 5) is 2.44. The van der Waals surface area contributed by atoms with E-state index in [0.29, 0.717) is 31.6 Å². The minimum absolute atomic E-state index is 0.181. The summed E-state index contributed by atoms with van der Waals surface area (Å²) >= 11 is 0. The largest absolute Gasteiger partial charge is 0.508 e. The van der Waals surface area contributed by atoms with Crippen LogP contribution >= 0.6 is 0 Å². The van der Waals surface area contributed by atoms with Crippen molar-refractivity contribution in [1.29, 1.82) is 5.26 Å². The number of likely N-dealkylation sites (tertiary alicyclic amines) is 1. The molecule has 2 aromatic carbocycles. The lowest BCUT2D eigenvalue weighted by Gasteiger charge is -2.15. The van der Waals surface area contributed by atoms with Gasteiger partial charge in [0.05, 0.1) is 12.7 Å². The van der Waals surface area contributed by atoms with Crippen molar-refractivity contribution < 1.29 is 14.6 Å². The third-order valence-corrected chi connectivity index (χ3v) is 4.93. The average Bonchev–Trinajstić information content (AvgIpc) is 3.22. The summed E-state index contributed by atoms with van der Waals surface area (Å²) in [5.41, 5.74) is 2.16. The van der Waals surface area contributed by atoms with Crippen LogP contribution in [0.15, 0.2) is 42.5 Å². The first kappa shape index (κ1) is 20.0. The number of phenolic OH excluding ortho intramolecular Hbond substituents is 1. The van der Waals surface area contributed by atoms with Gasteiger partial charge in [0, 0.05) is 25.5 Å². The van der Waals surface area contributed by atoms with Crippen molar-refractivity contribution in [2.24, 2.45) is 0 Å². The molecule has 3 rings (SSSR count). The molecule has 0 radical (unpaired) electrons.